The molecule has 53 heavy (non-hydrogen) atoms. The second kappa shape index (κ2) is 34.4. The van der Waals surface area contributed by atoms with Crippen LogP contribution in [0.25, 0.3) is 0 Å². The first-order valence-electron chi connectivity index (χ1n) is 21.1. The van der Waals surface area contributed by atoms with Crippen LogP contribution in [-0.2, 0) is 28.5 Å². The van der Waals surface area contributed by atoms with E-state index in [0.717, 1.165) is 64.2 Å². The average Bonchev–Trinajstić information content (AvgIpc) is 3.15. The molecule has 1 fully saturated rings. The van der Waals surface area contributed by atoms with Gasteiger partial charge in [-0.15, -0.1) is 0 Å². The molecule has 1 heterocycles. The third kappa shape index (κ3) is 26.4. The highest BCUT2D eigenvalue weighted by molar-refractivity contribution is 5.70. The Kier molecular flexibility index (Phi) is 31.8. The van der Waals surface area contributed by atoms with Crippen molar-refractivity contribution in [3.63, 3.8) is 0 Å². The Balaban J connectivity index is 2.40. The van der Waals surface area contributed by atoms with E-state index in [1.165, 1.54) is 64.2 Å². The summed E-state index contributed by atoms with van der Waals surface area (Å²) in [6.45, 7) is 3.34. The summed E-state index contributed by atoms with van der Waals surface area (Å²) in [6.07, 6.45) is 30.1. The van der Waals surface area contributed by atoms with Gasteiger partial charge in [0.05, 0.1) is 13.2 Å². The molecule has 10 heteroatoms. The van der Waals surface area contributed by atoms with Crippen LogP contribution in [0, 0.1) is 0 Å². The van der Waals surface area contributed by atoms with Gasteiger partial charge in [0, 0.05) is 12.8 Å². The fraction of sp³-hybridized carbons (Fsp3) is 0.814. The SMILES string of the molecule is CCCCCC/C=C/CCCCCCCC(=O)OC[C@H](CO[C@@H]1O[C@H](CO)[C@H](O)C(O)C1O)OC(=O)CCCC/C=C/C/C=C/CCCCCCCC. The second-order valence-electron chi connectivity index (χ2n) is 14.4. The molecule has 6 atom stereocenters. The van der Waals surface area contributed by atoms with E-state index in [1.807, 2.05) is 0 Å². The highest BCUT2D eigenvalue weighted by atomic mass is 16.7. The molecule has 10 nitrogen and oxygen atoms in total. The topological polar surface area (TPSA) is 152 Å². The number of unbranched alkanes of at least 4 members (excludes halogenated alkanes) is 17. The summed E-state index contributed by atoms with van der Waals surface area (Å²) >= 11 is 0. The average molecular weight is 753 g/mol. The Morgan fingerprint density at radius 1 is 0.585 bits per heavy atom. The van der Waals surface area contributed by atoms with E-state index in [4.69, 9.17) is 18.9 Å². The van der Waals surface area contributed by atoms with E-state index in [-0.39, 0.29) is 26.1 Å². The first kappa shape index (κ1) is 48.9. The fourth-order valence-corrected chi connectivity index (χ4v) is 6.09. The van der Waals surface area contributed by atoms with Gasteiger partial charge >= 0.3 is 11.9 Å². The summed E-state index contributed by atoms with van der Waals surface area (Å²) in [5.74, 6) is -0.856. The van der Waals surface area contributed by atoms with E-state index in [1.54, 1.807) is 0 Å². The van der Waals surface area contributed by atoms with Crippen LogP contribution in [0.3, 0.4) is 0 Å². The molecule has 0 aliphatic carbocycles. The van der Waals surface area contributed by atoms with Crippen LogP contribution in [-0.4, -0.2) is 89.0 Å². The van der Waals surface area contributed by atoms with Crippen molar-refractivity contribution in [2.45, 2.75) is 205 Å². The first-order valence-corrected chi connectivity index (χ1v) is 21.1. The van der Waals surface area contributed by atoms with Gasteiger partial charge in [-0.1, -0.05) is 121 Å². The molecule has 0 spiro atoms. The third-order valence-electron chi connectivity index (χ3n) is 9.50. The lowest BCUT2D eigenvalue weighted by Gasteiger charge is -2.39. The Hall–Kier alpha value is -2.08. The molecule has 2 unspecified atom stereocenters. The zero-order valence-corrected chi connectivity index (χ0v) is 33.3. The minimum Gasteiger partial charge on any atom is -0.462 e. The lowest BCUT2D eigenvalue weighted by Crippen LogP contribution is -2.59. The van der Waals surface area contributed by atoms with Crippen molar-refractivity contribution in [1.82, 2.24) is 0 Å². The van der Waals surface area contributed by atoms with Crippen molar-refractivity contribution in [2.24, 2.45) is 0 Å². The predicted molar refractivity (Wildman–Crippen MR) is 210 cm³/mol. The largest absolute Gasteiger partial charge is 0.462 e. The first-order chi connectivity index (χ1) is 25.8. The van der Waals surface area contributed by atoms with Gasteiger partial charge in [-0.05, 0) is 70.6 Å². The molecular formula is C43H76O10. The molecule has 308 valence electrons. The van der Waals surface area contributed by atoms with Gasteiger partial charge in [-0.2, -0.15) is 0 Å². The molecule has 0 aromatic heterocycles. The van der Waals surface area contributed by atoms with Crippen molar-refractivity contribution < 1.29 is 49.0 Å². The maximum atomic E-state index is 12.7. The van der Waals surface area contributed by atoms with E-state index >= 15 is 0 Å². The molecule has 1 aliphatic rings. The van der Waals surface area contributed by atoms with Gasteiger partial charge in [-0.3, -0.25) is 9.59 Å². The highest BCUT2D eigenvalue weighted by Crippen LogP contribution is 2.22. The summed E-state index contributed by atoms with van der Waals surface area (Å²) in [5, 5.41) is 40.0. The molecule has 0 aromatic rings. The number of hydrogen-bond donors (Lipinski definition) is 4. The van der Waals surface area contributed by atoms with Gasteiger partial charge in [0.1, 0.15) is 31.0 Å². The van der Waals surface area contributed by atoms with E-state index in [2.05, 4.69) is 50.3 Å². The van der Waals surface area contributed by atoms with Crippen molar-refractivity contribution in [3.8, 4) is 0 Å². The summed E-state index contributed by atoms with van der Waals surface area (Å²) in [7, 11) is 0. The second-order valence-corrected chi connectivity index (χ2v) is 14.4. The molecule has 0 aromatic carbocycles. The predicted octanol–water partition coefficient (Wildman–Crippen LogP) is 8.33. The summed E-state index contributed by atoms with van der Waals surface area (Å²) in [4.78, 5) is 25.2. The van der Waals surface area contributed by atoms with Crippen LogP contribution in [0.2, 0.25) is 0 Å². The van der Waals surface area contributed by atoms with Crippen molar-refractivity contribution in [1.29, 1.82) is 0 Å². The van der Waals surface area contributed by atoms with E-state index in [9.17, 15) is 30.0 Å². The minimum absolute atomic E-state index is 0.186. The molecule has 4 N–H and O–H groups in total. The standard InChI is InChI=1S/C43H76O10/c1-3-5-7-9-11-13-15-17-18-20-22-24-26-28-30-32-39(46)52-36(35-51-43-42(49)41(48)40(47)37(33-44)53-43)34-50-38(45)31-29-27-25-23-21-19-16-14-12-10-8-6-4-2/h14,16-18,22,24,36-37,40-44,47-49H,3-13,15,19-21,23,25-35H2,1-2H3/b16-14+,18-17+,24-22+/t36-,37-,40+,41?,42?,43-/m1/s1. The molecule has 1 saturated heterocycles. The van der Waals surface area contributed by atoms with Gasteiger partial charge in [0.2, 0.25) is 0 Å². The highest BCUT2D eigenvalue weighted by Gasteiger charge is 2.44. The normalized spacial score (nSPS) is 21.2. The van der Waals surface area contributed by atoms with Gasteiger partial charge in [-0.25, -0.2) is 0 Å². The number of rotatable bonds is 34. The maximum absolute atomic E-state index is 12.7. The Labute approximate surface area is 321 Å². The number of carbonyl (C=O) groups excluding carboxylic acids is 2. The van der Waals surface area contributed by atoms with Crippen LogP contribution < -0.4 is 0 Å². The summed E-state index contributed by atoms with van der Waals surface area (Å²) < 4.78 is 22.1. The number of ether oxygens (including phenoxy) is 4. The zero-order valence-electron chi connectivity index (χ0n) is 33.3. The van der Waals surface area contributed by atoms with Gasteiger partial charge < -0.3 is 39.4 Å². The molecule has 1 aliphatic heterocycles. The fourth-order valence-electron chi connectivity index (χ4n) is 6.09. The Bertz CT molecular complexity index is 965. The summed E-state index contributed by atoms with van der Waals surface area (Å²) in [6, 6.07) is 0. The van der Waals surface area contributed by atoms with E-state index in [0.29, 0.717) is 12.8 Å². The Morgan fingerprint density at radius 3 is 1.64 bits per heavy atom. The summed E-state index contributed by atoms with van der Waals surface area (Å²) in [5.41, 5.74) is 0. The molecule has 0 bridgehead atoms. The number of aliphatic hydroxyl groups excluding tert-OH is 4. The molecule has 0 radical (unpaired) electrons. The molecule has 0 amide bonds. The van der Waals surface area contributed by atoms with Crippen molar-refractivity contribution in [3.05, 3.63) is 36.5 Å². The van der Waals surface area contributed by atoms with Crippen LogP contribution >= 0.6 is 0 Å². The quantitative estimate of drug-likeness (QED) is 0.0287. The molecule has 1 rings (SSSR count). The van der Waals surface area contributed by atoms with Crippen LogP contribution in [0.15, 0.2) is 36.5 Å². The number of carbonyl (C=O) groups is 2. The van der Waals surface area contributed by atoms with Crippen LogP contribution in [0.1, 0.15) is 168 Å². The lowest BCUT2D eigenvalue weighted by molar-refractivity contribution is -0.305. The lowest BCUT2D eigenvalue weighted by atomic mass is 9.99. The minimum atomic E-state index is -1.60. The monoisotopic (exact) mass is 753 g/mol. The van der Waals surface area contributed by atoms with Gasteiger partial charge in [0.25, 0.3) is 0 Å². The van der Waals surface area contributed by atoms with Gasteiger partial charge in [0.15, 0.2) is 12.4 Å². The number of allylic oxidation sites excluding steroid dienone is 6. The smallest absolute Gasteiger partial charge is 0.306 e. The van der Waals surface area contributed by atoms with Crippen molar-refractivity contribution in [2.75, 3.05) is 19.8 Å². The molecular weight excluding hydrogens is 676 g/mol. The maximum Gasteiger partial charge on any atom is 0.306 e. The van der Waals surface area contributed by atoms with Crippen LogP contribution in [0.5, 0.6) is 0 Å². The van der Waals surface area contributed by atoms with Crippen molar-refractivity contribution >= 4 is 11.9 Å². The third-order valence-corrected chi connectivity index (χ3v) is 9.50. The Morgan fingerprint density at radius 2 is 1.06 bits per heavy atom. The van der Waals surface area contributed by atoms with Crippen LogP contribution in [0.4, 0.5) is 0 Å². The number of hydrogen-bond acceptors (Lipinski definition) is 10. The number of esters is 2. The zero-order chi connectivity index (χ0) is 38.8. The van der Waals surface area contributed by atoms with E-state index < -0.39 is 55.4 Å². The number of aliphatic hydroxyl groups is 4. The molecule has 0 saturated carbocycles.